The maximum Gasteiger partial charge on any atom is 0.335 e. The molecule has 0 saturated carbocycles. The summed E-state index contributed by atoms with van der Waals surface area (Å²) in [6.07, 6.45) is 3.93. The Kier molecular flexibility index (Phi) is 3.03. The number of carbonyl (C=O) groups is 1. The first-order valence-corrected chi connectivity index (χ1v) is 6.87. The highest BCUT2D eigenvalue weighted by molar-refractivity contribution is 9.10. The Morgan fingerprint density at radius 3 is 2.83 bits per heavy atom. The van der Waals surface area contributed by atoms with E-state index in [-0.39, 0.29) is 11.7 Å². The van der Waals surface area contributed by atoms with Crippen LogP contribution in [0.15, 0.2) is 22.7 Å². The van der Waals surface area contributed by atoms with Crippen molar-refractivity contribution >= 4 is 27.6 Å². The highest BCUT2D eigenvalue weighted by atomic mass is 79.9. The monoisotopic (exact) mass is 311 g/mol. The van der Waals surface area contributed by atoms with Gasteiger partial charge < -0.3 is 15.2 Å². The first-order chi connectivity index (χ1) is 8.61. The molecule has 18 heavy (non-hydrogen) atoms. The van der Waals surface area contributed by atoms with Gasteiger partial charge in [-0.25, -0.2) is 4.79 Å². The second kappa shape index (κ2) is 4.55. The minimum atomic E-state index is -0.913. The topological polar surface area (TPSA) is 58.6 Å². The predicted octanol–water partition coefficient (Wildman–Crippen LogP) is 2.88. The van der Waals surface area contributed by atoms with Gasteiger partial charge in [-0.15, -0.1) is 0 Å². The van der Waals surface area contributed by atoms with Gasteiger partial charge in [-0.05, 0) is 37.5 Å². The van der Waals surface area contributed by atoms with E-state index in [9.17, 15) is 4.79 Å². The molecule has 3 rings (SSSR count). The van der Waals surface area contributed by atoms with Crippen LogP contribution in [0.5, 0.6) is 0 Å². The van der Waals surface area contributed by atoms with E-state index in [1.807, 2.05) is 6.07 Å². The SMILES string of the molecule is O=C(O)c1cc(Br)cc(NC2CC3CCC2O3)c1. The van der Waals surface area contributed by atoms with Crippen LogP contribution in [0.1, 0.15) is 29.6 Å². The Balaban J connectivity index is 1.78. The van der Waals surface area contributed by atoms with Crippen LogP contribution in [-0.2, 0) is 4.74 Å². The summed E-state index contributed by atoms with van der Waals surface area (Å²) >= 11 is 3.34. The summed E-state index contributed by atoms with van der Waals surface area (Å²) in [6, 6.07) is 5.47. The van der Waals surface area contributed by atoms with E-state index in [0.29, 0.717) is 12.1 Å². The summed E-state index contributed by atoms with van der Waals surface area (Å²) in [6.45, 7) is 0. The lowest BCUT2D eigenvalue weighted by Crippen LogP contribution is -2.30. The highest BCUT2D eigenvalue weighted by Gasteiger charge is 2.40. The van der Waals surface area contributed by atoms with Crippen molar-refractivity contribution < 1.29 is 14.6 Å². The average molecular weight is 312 g/mol. The Morgan fingerprint density at radius 1 is 1.39 bits per heavy atom. The van der Waals surface area contributed by atoms with Gasteiger partial charge in [0.15, 0.2) is 0 Å². The molecule has 2 heterocycles. The van der Waals surface area contributed by atoms with Crippen molar-refractivity contribution in [3.8, 4) is 0 Å². The maximum atomic E-state index is 11.0. The molecule has 3 atom stereocenters. The fourth-order valence-corrected chi connectivity index (χ4v) is 3.29. The van der Waals surface area contributed by atoms with Crippen LogP contribution in [0.4, 0.5) is 5.69 Å². The van der Waals surface area contributed by atoms with Crippen molar-refractivity contribution in [2.24, 2.45) is 0 Å². The predicted molar refractivity (Wildman–Crippen MR) is 71.0 cm³/mol. The van der Waals surface area contributed by atoms with Crippen LogP contribution in [0.25, 0.3) is 0 Å². The quantitative estimate of drug-likeness (QED) is 0.901. The molecule has 1 aromatic rings. The number of nitrogens with one attached hydrogen (secondary N) is 1. The molecular weight excluding hydrogens is 298 g/mol. The number of carboxylic acids is 1. The third-order valence-electron chi connectivity index (χ3n) is 3.60. The first kappa shape index (κ1) is 12.0. The molecule has 0 aromatic heterocycles. The third kappa shape index (κ3) is 2.24. The van der Waals surface area contributed by atoms with E-state index < -0.39 is 5.97 Å². The number of aromatic carboxylic acids is 1. The number of carboxylic acid groups (broad SMARTS) is 1. The van der Waals surface area contributed by atoms with Gasteiger partial charge in [-0.1, -0.05) is 15.9 Å². The zero-order valence-electron chi connectivity index (χ0n) is 9.73. The fourth-order valence-electron chi connectivity index (χ4n) is 2.80. The van der Waals surface area contributed by atoms with E-state index in [2.05, 4.69) is 21.2 Å². The molecule has 0 spiro atoms. The summed E-state index contributed by atoms with van der Waals surface area (Å²) in [5.41, 5.74) is 1.12. The molecule has 2 N–H and O–H groups in total. The van der Waals surface area contributed by atoms with Gasteiger partial charge in [0.25, 0.3) is 0 Å². The molecular formula is C13H14BrNO3. The third-order valence-corrected chi connectivity index (χ3v) is 4.06. The lowest BCUT2D eigenvalue weighted by atomic mass is 9.95. The van der Waals surface area contributed by atoms with E-state index in [4.69, 9.17) is 9.84 Å². The minimum Gasteiger partial charge on any atom is -0.478 e. The molecule has 1 aromatic carbocycles. The van der Waals surface area contributed by atoms with Crippen molar-refractivity contribution in [2.75, 3.05) is 5.32 Å². The number of anilines is 1. The Bertz CT molecular complexity index is 491. The Hall–Kier alpha value is -1.07. The van der Waals surface area contributed by atoms with Crippen molar-refractivity contribution in [3.63, 3.8) is 0 Å². The number of ether oxygens (including phenoxy) is 1. The van der Waals surface area contributed by atoms with Gasteiger partial charge in [-0.2, -0.15) is 0 Å². The van der Waals surface area contributed by atoms with Gasteiger partial charge in [0, 0.05) is 10.2 Å². The zero-order chi connectivity index (χ0) is 12.7. The zero-order valence-corrected chi connectivity index (χ0v) is 11.3. The van der Waals surface area contributed by atoms with E-state index in [1.165, 1.54) is 0 Å². The van der Waals surface area contributed by atoms with Crippen molar-refractivity contribution in [1.29, 1.82) is 0 Å². The van der Waals surface area contributed by atoms with Crippen LogP contribution < -0.4 is 5.32 Å². The van der Waals surface area contributed by atoms with Gasteiger partial charge >= 0.3 is 5.97 Å². The molecule has 2 aliphatic rings. The Labute approximate surface area is 113 Å². The van der Waals surface area contributed by atoms with Crippen LogP contribution >= 0.6 is 15.9 Å². The smallest absolute Gasteiger partial charge is 0.335 e. The second-order valence-corrected chi connectivity index (χ2v) is 5.81. The van der Waals surface area contributed by atoms with Crippen molar-refractivity contribution in [1.82, 2.24) is 0 Å². The molecule has 2 fully saturated rings. The number of hydrogen-bond acceptors (Lipinski definition) is 3. The largest absolute Gasteiger partial charge is 0.478 e. The van der Waals surface area contributed by atoms with E-state index in [1.54, 1.807) is 12.1 Å². The summed E-state index contributed by atoms with van der Waals surface area (Å²) in [5, 5.41) is 12.4. The summed E-state index contributed by atoms with van der Waals surface area (Å²) in [7, 11) is 0. The lowest BCUT2D eigenvalue weighted by molar-refractivity contribution is 0.0697. The lowest BCUT2D eigenvalue weighted by Gasteiger charge is -2.21. The van der Waals surface area contributed by atoms with Gasteiger partial charge in [0.2, 0.25) is 0 Å². The molecule has 0 amide bonds. The first-order valence-electron chi connectivity index (χ1n) is 6.08. The van der Waals surface area contributed by atoms with Gasteiger partial charge in [0.05, 0.1) is 23.8 Å². The number of halogens is 1. The van der Waals surface area contributed by atoms with E-state index >= 15 is 0 Å². The average Bonchev–Trinajstić information content (AvgIpc) is 2.90. The molecule has 0 radical (unpaired) electrons. The van der Waals surface area contributed by atoms with Crippen molar-refractivity contribution in [3.05, 3.63) is 28.2 Å². The number of hydrogen-bond donors (Lipinski definition) is 2. The molecule has 96 valence electrons. The van der Waals surface area contributed by atoms with Gasteiger partial charge in [-0.3, -0.25) is 0 Å². The number of benzene rings is 1. The van der Waals surface area contributed by atoms with Crippen LogP contribution in [0, 0.1) is 0 Å². The van der Waals surface area contributed by atoms with E-state index in [0.717, 1.165) is 29.4 Å². The summed E-state index contributed by atoms with van der Waals surface area (Å²) < 4.78 is 6.55. The summed E-state index contributed by atoms with van der Waals surface area (Å²) in [5.74, 6) is -0.913. The fraction of sp³-hybridized carbons (Fsp3) is 0.462. The number of rotatable bonds is 3. The van der Waals surface area contributed by atoms with Crippen LogP contribution in [0.2, 0.25) is 0 Å². The standard InChI is InChI=1S/C13H14BrNO3/c14-8-3-7(13(16)17)4-9(5-8)15-11-6-10-1-2-12(11)18-10/h3-5,10-12,15H,1-2,6H2,(H,16,17). The minimum absolute atomic E-state index is 0.280. The molecule has 2 bridgehead atoms. The molecule has 4 nitrogen and oxygen atoms in total. The molecule has 0 aliphatic carbocycles. The highest BCUT2D eigenvalue weighted by Crippen LogP contribution is 2.36. The van der Waals surface area contributed by atoms with Crippen LogP contribution in [-0.4, -0.2) is 29.3 Å². The summed E-state index contributed by atoms with van der Waals surface area (Å²) in [4.78, 5) is 11.0. The normalized spacial score (nSPS) is 29.5. The molecule has 2 saturated heterocycles. The van der Waals surface area contributed by atoms with Gasteiger partial charge in [0.1, 0.15) is 0 Å². The number of fused-ring (bicyclic) bond motifs is 2. The second-order valence-electron chi connectivity index (χ2n) is 4.89. The molecule has 2 aliphatic heterocycles. The van der Waals surface area contributed by atoms with Crippen LogP contribution in [0.3, 0.4) is 0 Å². The Morgan fingerprint density at radius 2 is 2.22 bits per heavy atom. The molecule has 3 unspecified atom stereocenters. The molecule has 5 heteroatoms. The van der Waals surface area contributed by atoms with Crippen molar-refractivity contribution in [2.45, 2.75) is 37.5 Å². The maximum absolute atomic E-state index is 11.0.